The van der Waals surface area contributed by atoms with E-state index in [1.54, 1.807) is 0 Å². The van der Waals surface area contributed by atoms with Crippen molar-refractivity contribution in [3.8, 4) is 0 Å². The van der Waals surface area contributed by atoms with E-state index >= 15 is 0 Å². The van der Waals surface area contributed by atoms with Gasteiger partial charge in [-0.15, -0.1) is 0 Å². The topological polar surface area (TPSA) is 68.9 Å². The molecule has 0 unspecified atom stereocenters. The molecule has 4 nitrogen and oxygen atoms in total. The molecule has 0 saturated heterocycles. The van der Waals surface area contributed by atoms with Crippen LogP contribution in [0.15, 0.2) is 24.3 Å². The van der Waals surface area contributed by atoms with Crippen LogP contribution >= 0.6 is 0 Å². The Balaban J connectivity index is 2.05. The third kappa shape index (κ3) is 2.07. The maximum Gasteiger partial charge on any atom is 0.220 e. The first kappa shape index (κ1) is 12.8. The normalized spacial score (nSPS) is 17.9. The van der Waals surface area contributed by atoms with E-state index in [-0.39, 0.29) is 17.6 Å². The second-order valence-corrected chi connectivity index (χ2v) is 5.37. The fourth-order valence-corrected chi connectivity index (χ4v) is 3.06. The van der Waals surface area contributed by atoms with Gasteiger partial charge in [-0.2, -0.15) is 0 Å². The summed E-state index contributed by atoms with van der Waals surface area (Å²) in [5, 5.41) is 0. The number of hydrogen-bond donors (Lipinski definition) is 1. The van der Waals surface area contributed by atoms with E-state index in [2.05, 4.69) is 29.0 Å². The van der Waals surface area contributed by atoms with Crippen molar-refractivity contribution in [3.63, 3.8) is 0 Å². The fraction of sp³-hybridized carbons (Fsp3) is 0.312. The number of benzene rings is 1. The van der Waals surface area contributed by atoms with Gasteiger partial charge in [0.1, 0.15) is 0 Å². The average molecular weight is 267 g/mol. The number of ketones is 1. The molecule has 2 N–H and O–H groups in total. The smallest absolute Gasteiger partial charge is 0.220 e. The summed E-state index contributed by atoms with van der Waals surface area (Å²) in [5.41, 5.74) is 10.3. The van der Waals surface area contributed by atoms with Gasteiger partial charge >= 0.3 is 0 Å². The van der Waals surface area contributed by atoms with Gasteiger partial charge in [0.2, 0.25) is 5.95 Å². The van der Waals surface area contributed by atoms with Crippen LogP contribution in [0, 0.1) is 13.8 Å². The molecule has 102 valence electrons. The lowest BCUT2D eigenvalue weighted by molar-refractivity contribution is 0.0962. The first-order valence-corrected chi connectivity index (χ1v) is 6.78. The minimum Gasteiger partial charge on any atom is -0.368 e. The third-order valence-corrected chi connectivity index (χ3v) is 3.96. The summed E-state index contributed by atoms with van der Waals surface area (Å²) in [5.74, 6) is 0.557. The zero-order valence-corrected chi connectivity index (χ0v) is 11.7. The molecule has 1 atom stereocenters. The molecule has 1 aromatic carbocycles. The summed E-state index contributed by atoms with van der Waals surface area (Å²) in [6.07, 6.45) is 1.27. The zero-order chi connectivity index (χ0) is 14.3. The number of rotatable bonds is 1. The number of Topliss-reactive ketones (excluding diaryl/α,β-unsaturated/α-hetero) is 1. The summed E-state index contributed by atoms with van der Waals surface area (Å²) in [6.45, 7) is 3.90. The molecular weight excluding hydrogens is 250 g/mol. The van der Waals surface area contributed by atoms with E-state index < -0.39 is 0 Å². The zero-order valence-electron chi connectivity index (χ0n) is 11.7. The monoisotopic (exact) mass is 267 g/mol. The van der Waals surface area contributed by atoms with Gasteiger partial charge in [0, 0.05) is 6.42 Å². The van der Waals surface area contributed by atoms with Gasteiger partial charge in [-0.25, -0.2) is 9.97 Å². The van der Waals surface area contributed by atoms with Gasteiger partial charge in [0.05, 0.1) is 17.0 Å². The van der Waals surface area contributed by atoms with Crippen molar-refractivity contribution in [2.24, 2.45) is 0 Å². The number of nitrogens with zero attached hydrogens (tertiary/aromatic N) is 2. The standard InChI is InChI=1S/C16H17N3O/c1-9-5-3-4-6-12(9)11-7-13-15(14(20)8-11)10(2)18-16(17)19-13/h3-6,11H,7-8H2,1-2H3,(H2,17,18,19)/t11-/m1/s1. The molecule has 0 saturated carbocycles. The summed E-state index contributed by atoms with van der Waals surface area (Å²) in [7, 11) is 0. The van der Waals surface area contributed by atoms with Gasteiger partial charge in [-0.05, 0) is 37.3 Å². The molecular formula is C16H17N3O. The molecule has 1 heterocycles. The van der Waals surface area contributed by atoms with Crippen LogP contribution in [0.25, 0.3) is 0 Å². The molecule has 0 amide bonds. The Morgan fingerprint density at radius 2 is 1.90 bits per heavy atom. The van der Waals surface area contributed by atoms with Gasteiger partial charge in [0.15, 0.2) is 5.78 Å². The summed E-state index contributed by atoms with van der Waals surface area (Å²) in [6, 6.07) is 8.20. The molecule has 0 aliphatic heterocycles. The Kier molecular flexibility index (Phi) is 3.01. The third-order valence-electron chi connectivity index (χ3n) is 3.96. The fourth-order valence-electron chi connectivity index (χ4n) is 3.06. The summed E-state index contributed by atoms with van der Waals surface area (Å²) >= 11 is 0. The van der Waals surface area contributed by atoms with Gasteiger partial charge < -0.3 is 5.73 Å². The van der Waals surface area contributed by atoms with E-state index in [0.29, 0.717) is 17.7 Å². The number of fused-ring (bicyclic) bond motifs is 1. The highest BCUT2D eigenvalue weighted by atomic mass is 16.1. The number of aromatic nitrogens is 2. The Morgan fingerprint density at radius 3 is 2.65 bits per heavy atom. The van der Waals surface area contributed by atoms with Crippen LogP contribution in [-0.4, -0.2) is 15.8 Å². The van der Waals surface area contributed by atoms with Crippen LogP contribution < -0.4 is 5.73 Å². The highest BCUT2D eigenvalue weighted by Crippen LogP contribution is 2.34. The lowest BCUT2D eigenvalue weighted by Gasteiger charge is -2.25. The van der Waals surface area contributed by atoms with Crippen LogP contribution in [0.2, 0.25) is 0 Å². The van der Waals surface area contributed by atoms with E-state index in [0.717, 1.165) is 12.1 Å². The number of aryl methyl sites for hydroxylation is 2. The highest BCUT2D eigenvalue weighted by Gasteiger charge is 2.30. The average Bonchev–Trinajstić information content (AvgIpc) is 2.37. The highest BCUT2D eigenvalue weighted by molar-refractivity contribution is 5.99. The lowest BCUT2D eigenvalue weighted by atomic mass is 9.80. The Labute approximate surface area is 118 Å². The molecule has 20 heavy (non-hydrogen) atoms. The number of nitrogen functional groups attached to an aromatic ring is 1. The quantitative estimate of drug-likeness (QED) is 0.862. The second kappa shape index (κ2) is 4.71. The lowest BCUT2D eigenvalue weighted by Crippen LogP contribution is -2.23. The molecule has 3 rings (SSSR count). The maximum atomic E-state index is 12.4. The molecule has 0 spiro atoms. The number of anilines is 1. The minimum absolute atomic E-state index is 0.122. The van der Waals surface area contributed by atoms with Gasteiger partial charge in [0.25, 0.3) is 0 Å². The van der Waals surface area contributed by atoms with Crippen molar-refractivity contribution in [1.29, 1.82) is 0 Å². The summed E-state index contributed by atoms with van der Waals surface area (Å²) in [4.78, 5) is 20.8. The van der Waals surface area contributed by atoms with Crippen molar-refractivity contribution in [1.82, 2.24) is 9.97 Å². The van der Waals surface area contributed by atoms with E-state index in [1.165, 1.54) is 11.1 Å². The molecule has 0 fully saturated rings. The number of nitrogens with two attached hydrogens (primary N) is 1. The van der Waals surface area contributed by atoms with Crippen LogP contribution in [-0.2, 0) is 6.42 Å². The molecule has 1 aromatic heterocycles. The van der Waals surface area contributed by atoms with Crippen LogP contribution in [0.4, 0.5) is 5.95 Å². The van der Waals surface area contributed by atoms with Crippen molar-refractivity contribution < 1.29 is 4.79 Å². The molecule has 4 heteroatoms. The second-order valence-electron chi connectivity index (χ2n) is 5.37. The molecule has 0 radical (unpaired) electrons. The molecule has 0 bridgehead atoms. The van der Waals surface area contributed by atoms with Crippen LogP contribution in [0.3, 0.4) is 0 Å². The number of carbonyl (C=O) groups excluding carboxylic acids is 1. The van der Waals surface area contributed by atoms with E-state index in [4.69, 9.17) is 5.73 Å². The first-order chi connectivity index (χ1) is 9.56. The Hall–Kier alpha value is -2.23. The predicted octanol–water partition coefficient (Wildman–Crippen LogP) is 2.59. The predicted molar refractivity (Wildman–Crippen MR) is 77.8 cm³/mol. The van der Waals surface area contributed by atoms with Gasteiger partial charge in [-0.3, -0.25) is 4.79 Å². The molecule has 2 aromatic rings. The van der Waals surface area contributed by atoms with Crippen molar-refractivity contribution in [3.05, 3.63) is 52.3 Å². The SMILES string of the molecule is Cc1ccccc1[C@H]1CC(=O)c2c(C)nc(N)nc2C1. The Morgan fingerprint density at radius 1 is 1.15 bits per heavy atom. The maximum absolute atomic E-state index is 12.4. The van der Waals surface area contributed by atoms with E-state index in [9.17, 15) is 4.79 Å². The number of carbonyl (C=O) groups is 1. The van der Waals surface area contributed by atoms with Crippen molar-refractivity contribution in [2.75, 3.05) is 5.73 Å². The van der Waals surface area contributed by atoms with Crippen LogP contribution in [0.5, 0.6) is 0 Å². The molecule has 1 aliphatic rings. The first-order valence-electron chi connectivity index (χ1n) is 6.78. The van der Waals surface area contributed by atoms with Crippen LogP contribution in [0.1, 0.15) is 45.2 Å². The van der Waals surface area contributed by atoms with E-state index in [1.807, 2.05) is 19.1 Å². The Bertz CT molecular complexity index is 694. The largest absolute Gasteiger partial charge is 0.368 e. The van der Waals surface area contributed by atoms with Gasteiger partial charge in [-0.1, -0.05) is 24.3 Å². The molecule has 1 aliphatic carbocycles. The van der Waals surface area contributed by atoms with Crippen molar-refractivity contribution >= 4 is 11.7 Å². The number of hydrogen-bond acceptors (Lipinski definition) is 4. The summed E-state index contributed by atoms with van der Waals surface area (Å²) < 4.78 is 0. The van der Waals surface area contributed by atoms with Crippen molar-refractivity contribution in [2.45, 2.75) is 32.6 Å². The minimum atomic E-state index is 0.122.